The zero-order valence-electron chi connectivity index (χ0n) is 17.2. The van der Waals surface area contributed by atoms with Gasteiger partial charge in [-0.15, -0.1) is 0 Å². The molecule has 2 aromatic rings. The number of carbonyl (C=O) groups excluding carboxylic acids is 2. The van der Waals surface area contributed by atoms with Gasteiger partial charge >= 0.3 is 0 Å². The fraction of sp³-hybridized carbons (Fsp3) is 0.261. The topological polar surface area (TPSA) is 71.1 Å². The molecule has 0 aliphatic carbocycles. The Morgan fingerprint density at radius 3 is 2.55 bits per heavy atom. The average Bonchev–Trinajstić information content (AvgIpc) is 2.78. The molecule has 160 valence electrons. The molecule has 0 radical (unpaired) electrons. The number of nitrogens with one attached hydrogen (secondary N) is 1. The Labute approximate surface area is 186 Å². The van der Waals surface area contributed by atoms with E-state index in [1.54, 1.807) is 30.3 Å². The number of nitrogens with zero attached hydrogens (tertiary/aromatic N) is 2. The smallest absolute Gasteiger partial charge is 0.270 e. The summed E-state index contributed by atoms with van der Waals surface area (Å²) in [5.41, 5.74) is 2.40. The van der Waals surface area contributed by atoms with Crippen molar-refractivity contribution in [2.45, 2.75) is 6.92 Å². The summed E-state index contributed by atoms with van der Waals surface area (Å²) in [6, 6.07) is 14.8. The number of hydrogen-bond donors (Lipinski definition) is 1. The second-order valence-electron chi connectivity index (χ2n) is 7.08. The predicted molar refractivity (Wildman–Crippen MR) is 123 cm³/mol. The molecule has 2 aromatic carbocycles. The number of thiocarbonyl (C=S) groups is 1. The minimum Gasteiger partial charge on any atom is -0.494 e. The summed E-state index contributed by atoms with van der Waals surface area (Å²) in [5.74, 6) is -0.360. The number of amides is 2. The lowest BCUT2D eigenvalue weighted by Gasteiger charge is -2.29. The number of benzene rings is 2. The van der Waals surface area contributed by atoms with Gasteiger partial charge < -0.3 is 14.4 Å². The molecule has 2 amide bonds. The van der Waals surface area contributed by atoms with Crippen molar-refractivity contribution in [1.82, 2.24) is 5.32 Å². The first kappa shape index (κ1) is 21.0. The van der Waals surface area contributed by atoms with Gasteiger partial charge in [0.2, 0.25) is 0 Å². The highest BCUT2D eigenvalue weighted by atomic mass is 32.1. The molecule has 1 N–H and O–H groups in total. The van der Waals surface area contributed by atoms with Crippen LogP contribution < -0.4 is 19.9 Å². The zero-order chi connectivity index (χ0) is 21.8. The van der Waals surface area contributed by atoms with Crippen molar-refractivity contribution in [3.05, 3.63) is 59.7 Å². The molecular weight excluding hydrogens is 414 g/mol. The second kappa shape index (κ2) is 9.28. The number of ether oxygens (including phenoxy) is 2. The largest absolute Gasteiger partial charge is 0.494 e. The van der Waals surface area contributed by atoms with Crippen molar-refractivity contribution in [3.8, 4) is 5.75 Å². The van der Waals surface area contributed by atoms with E-state index in [2.05, 4.69) is 10.2 Å². The highest BCUT2D eigenvalue weighted by Crippen LogP contribution is 2.26. The van der Waals surface area contributed by atoms with Crippen LogP contribution in [-0.2, 0) is 14.3 Å². The molecule has 31 heavy (non-hydrogen) atoms. The van der Waals surface area contributed by atoms with Crippen LogP contribution in [0.2, 0.25) is 0 Å². The molecule has 4 rings (SSSR count). The van der Waals surface area contributed by atoms with Crippen molar-refractivity contribution < 1.29 is 19.1 Å². The molecule has 2 aliphatic heterocycles. The maximum absolute atomic E-state index is 13.2. The summed E-state index contributed by atoms with van der Waals surface area (Å²) in [6.07, 6.45) is 1.59. The first-order valence-electron chi connectivity index (χ1n) is 10.1. The summed E-state index contributed by atoms with van der Waals surface area (Å²) >= 11 is 5.27. The SMILES string of the molecule is CCOc1cccc(N2C(=O)/C(=C/c3ccc(N4CCOCC4)cc3)C(=O)NC2=S)c1. The lowest BCUT2D eigenvalue weighted by molar-refractivity contribution is -0.122. The van der Waals surface area contributed by atoms with Gasteiger partial charge in [-0.05, 0) is 55.0 Å². The van der Waals surface area contributed by atoms with E-state index in [-0.39, 0.29) is 10.7 Å². The highest BCUT2D eigenvalue weighted by molar-refractivity contribution is 7.80. The highest BCUT2D eigenvalue weighted by Gasteiger charge is 2.34. The summed E-state index contributed by atoms with van der Waals surface area (Å²) in [5, 5.41) is 2.65. The first-order valence-corrected chi connectivity index (χ1v) is 10.5. The normalized spacial score (nSPS) is 18.4. The van der Waals surface area contributed by atoms with Crippen LogP contribution in [0.1, 0.15) is 12.5 Å². The third-order valence-electron chi connectivity index (χ3n) is 5.07. The Hall–Kier alpha value is -3.23. The summed E-state index contributed by atoms with van der Waals surface area (Å²) in [6.45, 7) is 5.49. The Balaban J connectivity index is 1.59. The Kier molecular flexibility index (Phi) is 6.29. The van der Waals surface area contributed by atoms with Gasteiger partial charge in [-0.3, -0.25) is 19.8 Å². The van der Waals surface area contributed by atoms with E-state index in [4.69, 9.17) is 21.7 Å². The van der Waals surface area contributed by atoms with Crippen molar-refractivity contribution in [3.63, 3.8) is 0 Å². The molecule has 0 spiro atoms. The van der Waals surface area contributed by atoms with Crippen LogP contribution in [-0.4, -0.2) is 49.8 Å². The Bertz CT molecular complexity index is 1030. The molecule has 0 atom stereocenters. The van der Waals surface area contributed by atoms with Gasteiger partial charge in [0.25, 0.3) is 11.8 Å². The van der Waals surface area contributed by atoms with Gasteiger partial charge in [0.05, 0.1) is 25.5 Å². The quantitative estimate of drug-likeness (QED) is 0.441. The van der Waals surface area contributed by atoms with Crippen LogP contribution in [0.5, 0.6) is 5.75 Å². The third kappa shape index (κ3) is 4.60. The number of hydrogen-bond acceptors (Lipinski definition) is 6. The average molecular weight is 438 g/mol. The fourth-order valence-electron chi connectivity index (χ4n) is 3.54. The van der Waals surface area contributed by atoms with Gasteiger partial charge in [0.1, 0.15) is 11.3 Å². The van der Waals surface area contributed by atoms with E-state index in [1.165, 1.54) is 4.90 Å². The number of morpholine rings is 1. The second-order valence-corrected chi connectivity index (χ2v) is 7.47. The van der Waals surface area contributed by atoms with Crippen molar-refractivity contribution in [2.24, 2.45) is 0 Å². The summed E-state index contributed by atoms with van der Waals surface area (Å²) in [7, 11) is 0. The maximum atomic E-state index is 13.2. The first-order chi connectivity index (χ1) is 15.1. The minimum atomic E-state index is -0.510. The van der Waals surface area contributed by atoms with E-state index in [0.717, 1.165) is 24.3 Å². The standard InChI is InChI=1S/C23H23N3O4S/c1-2-30-19-5-3-4-18(15-19)26-22(28)20(21(27)24-23(26)31)14-16-6-8-17(9-7-16)25-10-12-29-13-11-25/h3-9,14-15H,2,10-13H2,1H3,(H,24,27,31)/b20-14+. The Morgan fingerprint density at radius 2 is 1.84 bits per heavy atom. The Morgan fingerprint density at radius 1 is 1.10 bits per heavy atom. The molecule has 2 aliphatic rings. The molecule has 2 fully saturated rings. The molecular formula is C23H23N3O4S. The van der Waals surface area contributed by atoms with E-state index in [0.29, 0.717) is 31.3 Å². The minimum absolute atomic E-state index is 0.0227. The van der Waals surface area contributed by atoms with E-state index in [1.807, 2.05) is 31.2 Å². The molecule has 2 heterocycles. The summed E-state index contributed by atoms with van der Waals surface area (Å²) in [4.78, 5) is 29.3. The molecule has 0 unspecified atom stereocenters. The number of anilines is 2. The van der Waals surface area contributed by atoms with Crippen molar-refractivity contribution in [2.75, 3.05) is 42.7 Å². The summed E-state index contributed by atoms with van der Waals surface area (Å²) < 4.78 is 10.9. The lowest BCUT2D eigenvalue weighted by Crippen LogP contribution is -2.54. The van der Waals surface area contributed by atoms with E-state index >= 15 is 0 Å². The van der Waals surface area contributed by atoms with E-state index in [9.17, 15) is 9.59 Å². The third-order valence-corrected chi connectivity index (χ3v) is 5.35. The van der Waals surface area contributed by atoms with Crippen LogP contribution in [0.25, 0.3) is 6.08 Å². The molecule has 0 bridgehead atoms. The maximum Gasteiger partial charge on any atom is 0.270 e. The van der Waals surface area contributed by atoms with Crippen LogP contribution in [0.3, 0.4) is 0 Å². The fourth-order valence-corrected chi connectivity index (χ4v) is 3.82. The van der Waals surface area contributed by atoms with Gasteiger partial charge in [-0.25, -0.2) is 0 Å². The van der Waals surface area contributed by atoms with E-state index < -0.39 is 11.8 Å². The van der Waals surface area contributed by atoms with Crippen LogP contribution in [0.4, 0.5) is 11.4 Å². The van der Waals surface area contributed by atoms with Gasteiger partial charge in [0, 0.05) is 24.8 Å². The number of carbonyl (C=O) groups is 2. The van der Waals surface area contributed by atoms with Crippen LogP contribution in [0.15, 0.2) is 54.1 Å². The zero-order valence-corrected chi connectivity index (χ0v) is 18.0. The molecule has 0 saturated carbocycles. The molecule has 2 saturated heterocycles. The molecule has 7 nitrogen and oxygen atoms in total. The number of rotatable bonds is 5. The van der Waals surface area contributed by atoms with Crippen LogP contribution in [0, 0.1) is 0 Å². The van der Waals surface area contributed by atoms with Crippen molar-refractivity contribution >= 4 is 46.6 Å². The predicted octanol–water partition coefficient (Wildman–Crippen LogP) is 2.75. The monoisotopic (exact) mass is 437 g/mol. The van der Waals surface area contributed by atoms with Crippen LogP contribution >= 0.6 is 12.2 Å². The van der Waals surface area contributed by atoms with Gasteiger partial charge in [0.15, 0.2) is 5.11 Å². The van der Waals surface area contributed by atoms with Crippen molar-refractivity contribution in [1.29, 1.82) is 0 Å². The lowest BCUT2D eigenvalue weighted by atomic mass is 10.1. The van der Waals surface area contributed by atoms with Gasteiger partial charge in [-0.2, -0.15) is 0 Å². The molecule has 8 heteroatoms. The van der Waals surface area contributed by atoms with Gasteiger partial charge in [-0.1, -0.05) is 18.2 Å². The molecule has 0 aromatic heterocycles.